The standard InChI is InChI=1S/C22H27FN6O/c1-22(2,3)19-6-7-20(30)29(26-19)13-10-27-8-11-28(12-9-27)21-17-14-16(23)4-5-18(17)24-15-25-21/h4-7,14-15H,8-13H2,1-3H3. The van der Waals surface area contributed by atoms with Crippen LogP contribution in [0.2, 0.25) is 0 Å². The van der Waals surface area contributed by atoms with E-state index < -0.39 is 0 Å². The Balaban J connectivity index is 1.41. The molecule has 0 unspecified atom stereocenters. The van der Waals surface area contributed by atoms with E-state index in [1.165, 1.54) is 18.5 Å². The Hall–Kier alpha value is -2.87. The van der Waals surface area contributed by atoms with Gasteiger partial charge in [0, 0.05) is 49.6 Å². The van der Waals surface area contributed by atoms with E-state index in [1.807, 2.05) is 6.07 Å². The zero-order chi connectivity index (χ0) is 21.3. The van der Waals surface area contributed by atoms with Gasteiger partial charge in [0.15, 0.2) is 0 Å². The Bertz CT molecular complexity index is 1100. The van der Waals surface area contributed by atoms with Gasteiger partial charge in [0.05, 0.1) is 17.8 Å². The highest BCUT2D eigenvalue weighted by Crippen LogP contribution is 2.24. The lowest BCUT2D eigenvalue weighted by Gasteiger charge is -2.35. The number of fused-ring (bicyclic) bond motifs is 1. The van der Waals surface area contributed by atoms with Gasteiger partial charge in [-0.15, -0.1) is 0 Å². The molecular weight excluding hydrogens is 383 g/mol. The summed E-state index contributed by atoms with van der Waals surface area (Å²) in [5.41, 5.74) is 1.49. The van der Waals surface area contributed by atoms with Crippen molar-refractivity contribution in [2.45, 2.75) is 32.7 Å². The van der Waals surface area contributed by atoms with Crippen LogP contribution < -0.4 is 10.5 Å². The van der Waals surface area contributed by atoms with Gasteiger partial charge in [0.25, 0.3) is 5.56 Å². The second kappa shape index (κ2) is 8.10. The predicted molar refractivity (Wildman–Crippen MR) is 115 cm³/mol. The van der Waals surface area contributed by atoms with Crippen LogP contribution in [-0.2, 0) is 12.0 Å². The molecule has 0 spiro atoms. The number of hydrogen-bond donors (Lipinski definition) is 0. The minimum Gasteiger partial charge on any atom is -0.353 e. The summed E-state index contributed by atoms with van der Waals surface area (Å²) in [6.07, 6.45) is 1.53. The van der Waals surface area contributed by atoms with Crippen molar-refractivity contribution in [1.82, 2.24) is 24.6 Å². The van der Waals surface area contributed by atoms with E-state index in [0.717, 1.165) is 55.1 Å². The first-order valence-electron chi connectivity index (χ1n) is 10.3. The predicted octanol–water partition coefficient (Wildman–Crippen LogP) is 2.45. The van der Waals surface area contributed by atoms with Crippen LogP contribution in [0.15, 0.2) is 41.5 Å². The third-order valence-electron chi connectivity index (χ3n) is 5.51. The summed E-state index contributed by atoms with van der Waals surface area (Å²) in [6, 6.07) is 8.01. The fourth-order valence-corrected chi connectivity index (χ4v) is 3.70. The van der Waals surface area contributed by atoms with Gasteiger partial charge in [-0.3, -0.25) is 9.69 Å². The molecule has 0 aliphatic carbocycles. The van der Waals surface area contributed by atoms with Gasteiger partial charge in [-0.1, -0.05) is 20.8 Å². The molecule has 0 radical (unpaired) electrons. The number of nitrogens with zero attached hydrogens (tertiary/aromatic N) is 6. The van der Waals surface area contributed by atoms with Gasteiger partial charge < -0.3 is 4.90 Å². The summed E-state index contributed by atoms with van der Waals surface area (Å²) in [7, 11) is 0. The van der Waals surface area contributed by atoms with Crippen LogP contribution in [0.4, 0.5) is 10.2 Å². The Kier molecular flexibility index (Phi) is 5.51. The van der Waals surface area contributed by atoms with E-state index in [2.05, 4.69) is 45.6 Å². The van der Waals surface area contributed by atoms with Crippen LogP contribution in [-0.4, -0.2) is 57.4 Å². The summed E-state index contributed by atoms with van der Waals surface area (Å²) in [5, 5.41) is 5.28. The van der Waals surface area contributed by atoms with Crippen LogP contribution in [0, 0.1) is 5.82 Å². The molecule has 4 rings (SSSR count). The quantitative estimate of drug-likeness (QED) is 0.658. The number of halogens is 1. The second-order valence-corrected chi connectivity index (χ2v) is 8.72. The lowest BCUT2D eigenvalue weighted by Crippen LogP contribution is -2.48. The Morgan fingerprint density at radius 3 is 2.50 bits per heavy atom. The molecule has 2 aromatic heterocycles. The third-order valence-corrected chi connectivity index (χ3v) is 5.51. The average Bonchev–Trinajstić information content (AvgIpc) is 2.72. The molecule has 1 aromatic carbocycles. The fraction of sp³-hybridized carbons (Fsp3) is 0.455. The maximum absolute atomic E-state index is 13.7. The normalized spacial score (nSPS) is 15.7. The van der Waals surface area contributed by atoms with Crippen molar-refractivity contribution in [3.63, 3.8) is 0 Å². The first-order valence-corrected chi connectivity index (χ1v) is 10.3. The first-order chi connectivity index (χ1) is 14.3. The molecule has 0 saturated carbocycles. The van der Waals surface area contributed by atoms with Gasteiger partial charge >= 0.3 is 0 Å². The van der Waals surface area contributed by atoms with E-state index in [9.17, 15) is 9.18 Å². The van der Waals surface area contributed by atoms with Crippen molar-refractivity contribution in [2.24, 2.45) is 0 Å². The van der Waals surface area contributed by atoms with E-state index in [1.54, 1.807) is 16.8 Å². The molecule has 0 amide bonds. The highest BCUT2D eigenvalue weighted by Gasteiger charge is 2.21. The molecular formula is C22H27FN6O. The summed E-state index contributed by atoms with van der Waals surface area (Å²) in [6.45, 7) is 10.8. The van der Waals surface area contributed by atoms with Crippen LogP contribution in [0.25, 0.3) is 10.9 Å². The first kappa shape index (κ1) is 20.4. The minimum absolute atomic E-state index is 0.0730. The van der Waals surface area contributed by atoms with Gasteiger partial charge in [-0.25, -0.2) is 19.0 Å². The lowest BCUT2D eigenvalue weighted by atomic mass is 9.92. The molecule has 0 N–H and O–H groups in total. The number of aromatic nitrogens is 4. The fourth-order valence-electron chi connectivity index (χ4n) is 3.70. The van der Waals surface area contributed by atoms with E-state index in [0.29, 0.717) is 6.54 Å². The lowest BCUT2D eigenvalue weighted by molar-refractivity contribution is 0.241. The second-order valence-electron chi connectivity index (χ2n) is 8.72. The van der Waals surface area contributed by atoms with E-state index in [-0.39, 0.29) is 16.8 Å². The largest absolute Gasteiger partial charge is 0.353 e. The van der Waals surface area contributed by atoms with Gasteiger partial charge in [-0.2, -0.15) is 5.10 Å². The molecule has 1 fully saturated rings. The summed E-state index contributed by atoms with van der Waals surface area (Å²) in [4.78, 5) is 25.3. The Morgan fingerprint density at radius 2 is 1.77 bits per heavy atom. The molecule has 0 atom stereocenters. The maximum atomic E-state index is 13.7. The van der Waals surface area contributed by atoms with Crippen molar-refractivity contribution in [1.29, 1.82) is 0 Å². The SMILES string of the molecule is CC(C)(C)c1ccc(=O)n(CCN2CCN(c3ncnc4ccc(F)cc34)CC2)n1. The van der Waals surface area contributed by atoms with Gasteiger partial charge in [-0.05, 0) is 24.3 Å². The molecule has 1 aliphatic rings. The van der Waals surface area contributed by atoms with Crippen LogP contribution in [0.3, 0.4) is 0 Å². The number of rotatable bonds is 4. The van der Waals surface area contributed by atoms with Gasteiger partial charge in [0.2, 0.25) is 0 Å². The number of benzene rings is 1. The van der Waals surface area contributed by atoms with Crippen LogP contribution >= 0.6 is 0 Å². The summed E-state index contributed by atoms with van der Waals surface area (Å²) < 4.78 is 15.3. The molecule has 8 heteroatoms. The van der Waals surface area contributed by atoms with Crippen molar-refractivity contribution in [2.75, 3.05) is 37.6 Å². The van der Waals surface area contributed by atoms with Crippen molar-refractivity contribution in [3.05, 3.63) is 58.5 Å². The molecule has 1 saturated heterocycles. The number of anilines is 1. The molecule has 30 heavy (non-hydrogen) atoms. The summed E-state index contributed by atoms with van der Waals surface area (Å²) in [5.74, 6) is 0.488. The molecule has 1 aliphatic heterocycles. The molecule has 0 bridgehead atoms. The monoisotopic (exact) mass is 410 g/mol. The molecule has 7 nitrogen and oxygen atoms in total. The highest BCUT2D eigenvalue weighted by molar-refractivity contribution is 5.89. The number of hydrogen-bond acceptors (Lipinski definition) is 6. The van der Waals surface area contributed by atoms with Crippen molar-refractivity contribution >= 4 is 16.7 Å². The Labute approximate surface area is 175 Å². The maximum Gasteiger partial charge on any atom is 0.266 e. The van der Waals surface area contributed by atoms with Crippen molar-refractivity contribution < 1.29 is 4.39 Å². The average molecular weight is 410 g/mol. The zero-order valence-corrected chi connectivity index (χ0v) is 17.7. The molecule has 3 heterocycles. The minimum atomic E-state index is -0.285. The third kappa shape index (κ3) is 4.33. The van der Waals surface area contributed by atoms with Gasteiger partial charge in [0.1, 0.15) is 18.0 Å². The topological polar surface area (TPSA) is 67.2 Å². The van der Waals surface area contributed by atoms with E-state index in [4.69, 9.17) is 0 Å². The van der Waals surface area contributed by atoms with Crippen LogP contribution in [0.5, 0.6) is 0 Å². The Morgan fingerprint density at radius 1 is 1.00 bits per heavy atom. The molecule has 3 aromatic rings. The van der Waals surface area contributed by atoms with Crippen molar-refractivity contribution in [3.8, 4) is 0 Å². The van der Waals surface area contributed by atoms with Crippen LogP contribution in [0.1, 0.15) is 26.5 Å². The smallest absolute Gasteiger partial charge is 0.266 e. The van der Waals surface area contributed by atoms with E-state index >= 15 is 0 Å². The molecule has 158 valence electrons. The summed E-state index contributed by atoms with van der Waals surface area (Å²) >= 11 is 0. The zero-order valence-electron chi connectivity index (χ0n) is 17.7. The number of piperazine rings is 1. The highest BCUT2D eigenvalue weighted by atomic mass is 19.1.